The SMILES string of the molecule is O=C(COc1ccc(F)c(Cl)c1)N[C@@H](c1ccccc1)c1cccs1. The summed E-state index contributed by atoms with van der Waals surface area (Å²) < 4.78 is 18.5. The average molecular weight is 376 g/mol. The maximum atomic E-state index is 13.1. The molecular formula is C19H15ClFNO2S. The summed E-state index contributed by atoms with van der Waals surface area (Å²) in [7, 11) is 0. The Morgan fingerprint density at radius 2 is 1.96 bits per heavy atom. The van der Waals surface area contributed by atoms with E-state index < -0.39 is 5.82 Å². The molecule has 0 fully saturated rings. The minimum atomic E-state index is -0.527. The van der Waals surface area contributed by atoms with Crippen molar-refractivity contribution in [3.8, 4) is 5.75 Å². The average Bonchev–Trinajstić information content (AvgIpc) is 3.16. The lowest BCUT2D eigenvalue weighted by atomic mass is 10.1. The molecule has 0 spiro atoms. The molecule has 2 aromatic carbocycles. The molecule has 0 aliphatic carbocycles. The van der Waals surface area contributed by atoms with E-state index in [-0.39, 0.29) is 23.6 Å². The number of halogens is 2. The van der Waals surface area contributed by atoms with E-state index in [9.17, 15) is 9.18 Å². The van der Waals surface area contributed by atoms with Crippen molar-refractivity contribution in [1.29, 1.82) is 0 Å². The fourth-order valence-electron chi connectivity index (χ4n) is 2.34. The number of benzene rings is 2. The first-order chi connectivity index (χ1) is 12.1. The molecule has 0 bridgehead atoms. The number of nitrogens with one attached hydrogen (secondary N) is 1. The van der Waals surface area contributed by atoms with Crippen LogP contribution in [0.1, 0.15) is 16.5 Å². The van der Waals surface area contributed by atoms with Crippen molar-refractivity contribution in [2.45, 2.75) is 6.04 Å². The van der Waals surface area contributed by atoms with Crippen LogP contribution in [0.2, 0.25) is 5.02 Å². The summed E-state index contributed by atoms with van der Waals surface area (Å²) in [5.74, 6) is -0.461. The Morgan fingerprint density at radius 1 is 1.16 bits per heavy atom. The first-order valence-corrected chi connectivity index (χ1v) is 8.85. The van der Waals surface area contributed by atoms with Gasteiger partial charge in [-0.1, -0.05) is 48.0 Å². The molecule has 6 heteroatoms. The van der Waals surface area contributed by atoms with Crippen LogP contribution in [-0.4, -0.2) is 12.5 Å². The molecule has 1 atom stereocenters. The van der Waals surface area contributed by atoms with Gasteiger partial charge >= 0.3 is 0 Å². The van der Waals surface area contributed by atoms with Crippen molar-refractivity contribution in [2.75, 3.05) is 6.61 Å². The predicted octanol–water partition coefficient (Wildman–Crippen LogP) is 4.83. The van der Waals surface area contributed by atoms with Crippen molar-refractivity contribution < 1.29 is 13.9 Å². The van der Waals surface area contributed by atoms with E-state index in [1.807, 2.05) is 47.8 Å². The van der Waals surface area contributed by atoms with Gasteiger partial charge in [-0.2, -0.15) is 0 Å². The van der Waals surface area contributed by atoms with Crippen molar-refractivity contribution >= 4 is 28.8 Å². The van der Waals surface area contributed by atoms with Crippen molar-refractivity contribution in [3.05, 3.63) is 87.3 Å². The molecule has 3 aromatic rings. The summed E-state index contributed by atoms with van der Waals surface area (Å²) in [6.45, 7) is -0.184. The first-order valence-electron chi connectivity index (χ1n) is 7.59. The molecule has 0 aliphatic rings. The van der Waals surface area contributed by atoms with Crippen molar-refractivity contribution in [3.63, 3.8) is 0 Å². The largest absolute Gasteiger partial charge is 0.484 e. The first kappa shape index (κ1) is 17.5. The smallest absolute Gasteiger partial charge is 0.258 e. The number of hydrogen-bond donors (Lipinski definition) is 1. The van der Waals surface area contributed by atoms with E-state index in [0.29, 0.717) is 5.75 Å². The Balaban J connectivity index is 1.67. The highest BCUT2D eigenvalue weighted by atomic mass is 35.5. The topological polar surface area (TPSA) is 38.3 Å². The summed E-state index contributed by atoms with van der Waals surface area (Å²) in [6.07, 6.45) is 0. The van der Waals surface area contributed by atoms with E-state index in [2.05, 4.69) is 5.32 Å². The van der Waals surface area contributed by atoms with Crippen LogP contribution >= 0.6 is 22.9 Å². The maximum absolute atomic E-state index is 13.1. The van der Waals surface area contributed by atoms with Crippen LogP contribution in [0.15, 0.2) is 66.0 Å². The van der Waals surface area contributed by atoms with Gasteiger partial charge in [0.05, 0.1) is 11.1 Å². The lowest BCUT2D eigenvalue weighted by Gasteiger charge is -2.18. The van der Waals surface area contributed by atoms with Crippen LogP contribution in [0.5, 0.6) is 5.75 Å². The summed E-state index contributed by atoms with van der Waals surface area (Å²) in [5, 5.41) is 4.90. The number of hydrogen-bond acceptors (Lipinski definition) is 3. The third-order valence-electron chi connectivity index (χ3n) is 3.53. The van der Waals surface area contributed by atoms with Crippen LogP contribution in [0.25, 0.3) is 0 Å². The molecule has 128 valence electrons. The molecule has 1 aromatic heterocycles. The van der Waals surface area contributed by atoms with E-state index in [1.54, 1.807) is 11.3 Å². The van der Waals surface area contributed by atoms with Gasteiger partial charge in [0.15, 0.2) is 6.61 Å². The van der Waals surface area contributed by atoms with Gasteiger partial charge in [-0.3, -0.25) is 4.79 Å². The van der Waals surface area contributed by atoms with Gasteiger partial charge in [-0.05, 0) is 29.1 Å². The fraction of sp³-hybridized carbons (Fsp3) is 0.105. The molecule has 25 heavy (non-hydrogen) atoms. The molecule has 0 saturated carbocycles. The highest BCUT2D eigenvalue weighted by molar-refractivity contribution is 7.10. The molecule has 0 aliphatic heterocycles. The third-order valence-corrected chi connectivity index (χ3v) is 4.75. The Kier molecular flexibility index (Phi) is 5.68. The molecule has 3 rings (SSSR count). The van der Waals surface area contributed by atoms with E-state index in [0.717, 1.165) is 10.4 Å². The van der Waals surface area contributed by atoms with Gasteiger partial charge in [0.1, 0.15) is 11.6 Å². The second-order valence-corrected chi connectivity index (χ2v) is 6.68. The molecule has 0 saturated heterocycles. The van der Waals surface area contributed by atoms with Gasteiger partial charge in [0.2, 0.25) is 0 Å². The maximum Gasteiger partial charge on any atom is 0.258 e. The number of amides is 1. The minimum Gasteiger partial charge on any atom is -0.484 e. The standard InChI is InChI=1S/C19H15ClFNO2S/c20-15-11-14(8-9-16(15)21)24-12-18(23)22-19(17-7-4-10-25-17)13-5-2-1-3-6-13/h1-11,19H,12H2,(H,22,23)/t19-/m0/s1. The number of ether oxygens (including phenoxy) is 1. The van der Waals surface area contributed by atoms with Gasteiger partial charge in [-0.25, -0.2) is 4.39 Å². The van der Waals surface area contributed by atoms with Gasteiger partial charge in [0.25, 0.3) is 5.91 Å². The fourth-order valence-corrected chi connectivity index (χ4v) is 3.31. The van der Waals surface area contributed by atoms with Gasteiger partial charge in [0, 0.05) is 10.9 Å². The van der Waals surface area contributed by atoms with Crippen molar-refractivity contribution in [2.24, 2.45) is 0 Å². The Labute approximate surface area is 154 Å². The quantitative estimate of drug-likeness (QED) is 0.670. The Morgan fingerprint density at radius 3 is 2.64 bits per heavy atom. The summed E-state index contributed by atoms with van der Waals surface area (Å²) >= 11 is 7.28. The molecule has 1 N–H and O–H groups in total. The van der Waals surface area contributed by atoms with Gasteiger partial charge < -0.3 is 10.1 Å². The molecule has 3 nitrogen and oxygen atoms in total. The second kappa shape index (κ2) is 8.14. The highest BCUT2D eigenvalue weighted by Crippen LogP contribution is 2.26. The normalized spacial score (nSPS) is 11.8. The molecular weight excluding hydrogens is 361 g/mol. The zero-order valence-electron chi connectivity index (χ0n) is 13.1. The van der Waals surface area contributed by atoms with Crippen LogP contribution in [0.3, 0.4) is 0 Å². The second-order valence-electron chi connectivity index (χ2n) is 5.29. The lowest BCUT2D eigenvalue weighted by molar-refractivity contribution is -0.123. The number of carbonyl (C=O) groups excluding carboxylic acids is 1. The van der Waals surface area contributed by atoms with Crippen LogP contribution in [-0.2, 0) is 4.79 Å². The Bertz CT molecular complexity index is 840. The highest BCUT2D eigenvalue weighted by Gasteiger charge is 2.18. The van der Waals surface area contributed by atoms with E-state index in [1.165, 1.54) is 18.2 Å². The number of rotatable bonds is 6. The zero-order valence-corrected chi connectivity index (χ0v) is 14.7. The van der Waals surface area contributed by atoms with Gasteiger partial charge in [-0.15, -0.1) is 11.3 Å². The third kappa shape index (κ3) is 4.59. The predicted molar refractivity (Wildman–Crippen MR) is 97.7 cm³/mol. The van der Waals surface area contributed by atoms with Crippen LogP contribution < -0.4 is 10.1 Å². The van der Waals surface area contributed by atoms with E-state index >= 15 is 0 Å². The minimum absolute atomic E-state index is 0.0429. The van der Waals surface area contributed by atoms with E-state index in [4.69, 9.17) is 16.3 Å². The molecule has 0 unspecified atom stereocenters. The van der Waals surface area contributed by atoms with Crippen LogP contribution in [0.4, 0.5) is 4.39 Å². The molecule has 0 radical (unpaired) electrons. The summed E-state index contributed by atoms with van der Waals surface area (Å²) in [4.78, 5) is 13.3. The van der Waals surface area contributed by atoms with Crippen molar-refractivity contribution in [1.82, 2.24) is 5.32 Å². The zero-order chi connectivity index (χ0) is 17.6. The summed E-state index contributed by atoms with van der Waals surface area (Å²) in [5.41, 5.74) is 0.989. The number of carbonyl (C=O) groups is 1. The van der Waals surface area contributed by atoms with Crippen LogP contribution in [0, 0.1) is 5.82 Å². The summed E-state index contributed by atoms with van der Waals surface area (Å²) in [6, 6.07) is 17.4. The number of thiophene rings is 1. The molecule has 1 heterocycles. The lowest BCUT2D eigenvalue weighted by Crippen LogP contribution is -2.32. The monoisotopic (exact) mass is 375 g/mol. The molecule has 1 amide bonds. The Hall–Kier alpha value is -2.37.